The number of ether oxygens (including phenoxy) is 2. The molecule has 0 spiro atoms. The van der Waals surface area contributed by atoms with Gasteiger partial charge in [-0.2, -0.15) is 0 Å². The lowest BCUT2D eigenvalue weighted by molar-refractivity contribution is -0.271. The molecule has 12 heteroatoms. The van der Waals surface area contributed by atoms with E-state index in [0.29, 0.717) is 0 Å². The lowest BCUT2D eigenvalue weighted by Gasteiger charge is -2.38. The quantitative estimate of drug-likeness (QED) is 0.419. The van der Waals surface area contributed by atoms with Crippen LogP contribution in [0.25, 0.3) is 0 Å². The van der Waals surface area contributed by atoms with Crippen molar-refractivity contribution < 1.29 is 34.7 Å². The Labute approximate surface area is 160 Å². The van der Waals surface area contributed by atoms with Gasteiger partial charge in [0.2, 0.25) is 6.29 Å². The summed E-state index contributed by atoms with van der Waals surface area (Å²) in [5, 5.41) is 37.2. The van der Waals surface area contributed by atoms with Crippen molar-refractivity contribution >= 4 is 64.0 Å². The molecule has 4 N–H and O–H groups in total. The molecule has 1 fully saturated rings. The molecular weight excluding hydrogens is 433 g/mol. The number of carboxylic acids is 1. The number of carbonyl (C=O) groups is 1. The topological polar surface area (TPSA) is 116 Å². The van der Waals surface area contributed by atoms with Gasteiger partial charge < -0.3 is 29.9 Å². The maximum atomic E-state index is 11.1. The second kappa shape index (κ2) is 7.57. The summed E-state index contributed by atoms with van der Waals surface area (Å²) in [5.74, 6) is -1.92. The van der Waals surface area contributed by atoms with E-state index >= 15 is 0 Å². The number of aliphatic carboxylic acids is 1. The highest BCUT2D eigenvalue weighted by molar-refractivity contribution is 6.55. The molecule has 1 aliphatic rings. The fourth-order valence-corrected chi connectivity index (χ4v) is 3.16. The van der Waals surface area contributed by atoms with E-state index in [0.717, 1.165) is 0 Å². The third-order valence-electron chi connectivity index (χ3n) is 3.22. The SMILES string of the molecule is O=C(O)[C@H]1O[C@@H](Oc2c(Cl)c(Cl)c(Cl)c(Cl)c2Cl)[C@H](O)[C@@H](O)[C@@H]1O. The van der Waals surface area contributed by atoms with Crippen molar-refractivity contribution in [2.45, 2.75) is 30.7 Å². The van der Waals surface area contributed by atoms with Crippen LogP contribution in [0.15, 0.2) is 0 Å². The van der Waals surface area contributed by atoms with E-state index in [9.17, 15) is 20.1 Å². The Hall–Kier alpha value is -0.220. The molecule has 1 saturated heterocycles. The molecule has 0 aromatic heterocycles. The number of hydrogen-bond donors (Lipinski definition) is 4. The molecule has 1 aromatic carbocycles. The van der Waals surface area contributed by atoms with Gasteiger partial charge in [0.25, 0.3) is 0 Å². The zero-order valence-corrected chi connectivity index (χ0v) is 15.1. The highest BCUT2D eigenvalue weighted by Gasteiger charge is 2.48. The number of aliphatic hydroxyl groups excluding tert-OH is 3. The number of halogens is 5. The Morgan fingerprint density at radius 2 is 1.29 bits per heavy atom. The number of aliphatic hydroxyl groups is 3. The van der Waals surface area contributed by atoms with E-state index in [1.54, 1.807) is 0 Å². The van der Waals surface area contributed by atoms with E-state index < -0.39 is 36.7 Å². The van der Waals surface area contributed by atoms with Gasteiger partial charge in [-0.3, -0.25) is 0 Å². The molecule has 2 rings (SSSR count). The van der Waals surface area contributed by atoms with Crippen LogP contribution in [-0.4, -0.2) is 57.1 Å². The molecule has 7 nitrogen and oxygen atoms in total. The predicted octanol–water partition coefficient (Wildman–Crippen LogP) is 2.22. The summed E-state index contributed by atoms with van der Waals surface area (Å²) < 4.78 is 10.2. The molecule has 1 aliphatic heterocycles. The molecule has 0 bridgehead atoms. The second-order valence-corrected chi connectivity index (χ2v) is 6.64. The number of rotatable bonds is 3. The van der Waals surface area contributed by atoms with Crippen molar-refractivity contribution in [3.05, 3.63) is 25.1 Å². The predicted molar refractivity (Wildman–Crippen MR) is 86.4 cm³/mol. The summed E-state index contributed by atoms with van der Waals surface area (Å²) in [4.78, 5) is 11.1. The lowest BCUT2D eigenvalue weighted by Crippen LogP contribution is -2.61. The Balaban J connectivity index is 2.39. The van der Waals surface area contributed by atoms with Crippen LogP contribution in [0.3, 0.4) is 0 Å². The van der Waals surface area contributed by atoms with Crippen molar-refractivity contribution in [3.63, 3.8) is 0 Å². The number of carboxylic acid groups (broad SMARTS) is 1. The average Bonchev–Trinajstić information content (AvgIpc) is 2.54. The van der Waals surface area contributed by atoms with Crippen LogP contribution < -0.4 is 4.74 Å². The first-order chi connectivity index (χ1) is 11.1. The van der Waals surface area contributed by atoms with Gasteiger partial charge in [0, 0.05) is 0 Å². The van der Waals surface area contributed by atoms with Crippen molar-refractivity contribution in [1.82, 2.24) is 0 Å². The standard InChI is InChI=1S/C12H9Cl5O7/c13-1-2(14)4(16)9(5(17)3(1)15)23-12-8(20)6(18)7(19)10(24-12)11(21)22/h6-8,10,12,18-20H,(H,21,22)/t6-,7-,8+,10-,12+/m0/s1. The van der Waals surface area contributed by atoms with Crippen LogP contribution in [-0.2, 0) is 9.53 Å². The van der Waals surface area contributed by atoms with Crippen LogP contribution in [0.5, 0.6) is 5.75 Å². The summed E-state index contributed by atoms with van der Waals surface area (Å²) in [6.45, 7) is 0. The van der Waals surface area contributed by atoms with Crippen LogP contribution in [0.1, 0.15) is 0 Å². The molecule has 0 aliphatic carbocycles. The highest BCUT2D eigenvalue weighted by atomic mass is 35.5. The van der Waals surface area contributed by atoms with Crippen molar-refractivity contribution in [3.8, 4) is 5.75 Å². The summed E-state index contributed by atoms with van der Waals surface area (Å²) in [5.41, 5.74) is 0. The molecular formula is C12H9Cl5O7. The van der Waals surface area contributed by atoms with E-state index in [1.165, 1.54) is 0 Å². The minimum absolute atomic E-state index is 0.135. The van der Waals surface area contributed by atoms with Gasteiger partial charge in [0.1, 0.15) is 28.4 Å². The fourth-order valence-electron chi connectivity index (χ4n) is 1.95. The first-order valence-electron chi connectivity index (χ1n) is 6.18. The molecule has 24 heavy (non-hydrogen) atoms. The molecule has 0 saturated carbocycles. The average molecular weight is 442 g/mol. The largest absolute Gasteiger partial charge is 0.479 e. The van der Waals surface area contributed by atoms with Gasteiger partial charge in [-0.25, -0.2) is 4.79 Å². The first-order valence-corrected chi connectivity index (χ1v) is 8.07. The van der Waals surface area contributed by atoms with Gasteiger partial charge in [0.05, 0.1) is 15.1 Å². The molecule has 1 heterocycles. The maximum Gasteiger partial charge on any atom is 0.335 e. The minimum Gasteiger partial charge on any atom is -0.479 e. The first kappa shape index (κ1) is 20.1. The molecule has 0 amide bonds. The Morgan fingerprint density at radius 1 is 0.833 bits per heavy atom. The summed E-state index contributed by atoms with van der Waals surface area (Å²) in [6, 6.07) is 0. The van der Waals surface area contributed by atoms with E-state index in [1.807, 2.05) is 0 Å². The van der Waals surface area contributed by atoms with Gasteiger partial charge in [0.15, 0.2) is 11.9 Å². The third kappa shape index (κ3) is 3.51. The number of hydrogen-bond acceptors (Lipinski definition) is 6. The fraction of sp³-hybridized carbons (Fsp3) is 0.417. The van der Waals surface area contributed by atoms with Crippen LogP contribution in [0.2, 0.25) is 25.1 Å². The monoisotopic (exact) mass is 440 g/mol. The third-order valence-corrected chi connectivity index (χ3v) is 5.46. The summed E-state index contributed by atoms with van der Waals surface area (Å²) in [7, 11) is 0. The smallest absolute Gasteiger partial charge is 0.335 e. The molecule has 134 valence electrons. The molecule has 1 aromatic rings. The summed E-state index contributed by atoms with van der Waals surface area (Å²) >= 11 is 29.5. The highest BCUT2D eigenvalue weighted by Crippen LogP contribution is 2.48. The Morgan fingerprint density at radius 3 is 1.75 bits per heavy atom. The second-order valence-electron chi connectivity index (χ2n) is 4.75. The maximum absolute atomic E-state index is 11.1. The Kier molecular flexibility index (Phi) is 6.34. The van der Waals surface area contributed by atoms with Gasteiger partial charge in [-0.05, 0) is 0 Å². The Bertz CT molecular complexity index is 641. The minimum atomic E-state index is -1.87. The molecule has 0 radical (unpaired) electrons. The van der Waals surface area contributed by atoms with E-state index in [2.05, 4.69) is 0 Å². The van der Waals surface area contributed by atoms with Gasteiger partial charge in [-0.1, -0.05) is 58.0 Å². The van der Waals surface area contributed by atoms with Gasteiger partial charge in [-0.15, -0.1) is 0 Å². The lowest BCUT2D eigenvalue weighted by atomic mass is 9.99. The normalized spacial score (nSPS) is 30.2. The summed E-state index contributed by atoms with van der Waals surface area (Å²) in [6.07, 6.45) is -9.13. The van der Waals surface area contributed by atoms with Gasteiger partial charge >= 0.3 is 5.97 Å². The zero-order chi connectivity index (χ0) is 18.3. The van der Waals surface area contributed by atoms with E-state index in [-0.39, 0.29) is 30.9 Å². The van der Waals surface area contributed by atoms with Crippen molar-refractivity contribution in [2.75, 3.05) is 0 Å². The number of benzene rings is 1. The molecule has 5 atom stereocenters. The van der Waals surface area contributed by atoms with Crippen LogP contribution in [0.4, 0.5) is 0 Å². The van der Waals surface area contributed by atoms with E-state index in [4.69, 9.17) is 72.6 Å². The van der Waals surface area contributed by atoms with Crippen molar-refractivity contribution in [1.29, 1.82) is 0 Å². The van der Waals surface area contributed by atoms with Crippen LogP contribution in [0, 0.1) is 0 Å². The zero-order valence-electron chi connectivity index (χ0n) is 11.3. The molecule has 0 unspecified atom stereocenters. The van der Waals surface area contributed by atoms with Crippen LogP contribution >= 0.6 is 58.0 Å². The van der Waals surface area contributed by atoms with Crippen molar-refractivity contribution in [2.24, 2.45) is 0 Å².